The summed E-state index contributed by atoms with van der Waals surface area (Å²) in [4.78, 5) is 12.2. The Labute approximate surface area is 127 Å². The first-order chi connectivity index (χ1) is 10.0. The highest BCUT2D eigenvalue weighted by atomic mass is 16.5. The molecule has 1 aromatic rings. The van der Waals surface area contributed by atoms with Crippen molar-refractivity contribution in [3.8, 4) is 5.75 Å². The molecule has 0 aliphatic heterocycles. The van der Waals surface area contributed by atoms with Gasteiger partial charge in [-0.05, 0) is 43.4 Å². The van der Waals surface area contributed by atoms with Crippen molar-refractivity contribution in [1.82, 2.24) is 5.32 Å². The van der Waals surface area contributed by atoms with Gasteiger partial charge in [-0.15, -0.1) is 0 Å². The number of hydrogen-bond acceptors (Lipinski definition) is 3. The fourth-order valence-electron chi connectivity index (χ4n) is 2.95. The first kappa shape index (κ1) is 15.7. The molecule has 0 bridgehead atoms. The number of ether oxygens (including phenoxy) is 1. The Morgan fingerprint density at radius 3 is 2.67 bits per heavy atom. The summed E-state index contributed by atoms with van der Waals surface area (Å²) in [5.41, 5.74) is 7.25. The SMILES string of the molecule is CCOc1ccc(C(=O)NCC2(C)CCCCC2)cc1N. The maximum Gasteiger partial charge on any atom is 0.251 e. The number of nitrogens with two attached hydrogens (primary N) is 1. The van der Waals surface area contributed by atoms with Crippen LogP contribution >= 0.6 is 0 Å². The van der Waals surface area contributed by atoms with Crippen LogP contribution in [0.4, 0.5) is 5.69 Å². The Morgan fingerprint density at radius 2 is 2.05 bits per heavy atom. The van der Waals surface area contributed by atoms with Crippen LogP contribution in [0.1, 0.15) is 56.3 Å². The van der Waals surface area contributed by atoms with Gasteiger partial charge in [0.2, 0.25) is 0 Å². The summed E-state index contributed by atoms with van der Waals surface area (Å²) in [6, 6.07) is 5.21. The number of nitrogens with one attached hydrogen (secondary N) is 1. The molecule has 1 aliphatic carbocycles. The lowest BCUT2D eigenvalue weighted by Crippen LogP contribution is -2.37. The van der Waals surface area contributed by atoms with Crippen LogP contribution in [0.3, 0.4) is 0 Å². The molecule has 0 atom stereocenters. The van der Waals surface area contributed by atoms with Crippen molar-refractivity contribution in [2.45, 2.75) is 46.0 Å². The molecule has 2 rings (SSSR count). The summed E-state index contributed by atoms with van der Waals surface area (Å²) in [6.45, 7) is 5.47. The van der Waals surface area contributed by atoms with E-state index in [1.165, 1.54) is 32.1 Å². The molecule has 4 nitrogen and oxygen atoms in total. The van der Waals surface area contributed by atoms with Gasteiger partial charge in [0.15, 0.2) is 0 Å². The molecule has 3 N–H and O–H groups in total. The van der Waals surface area contributed by atoms with Crippen LogP contribution in [0.2, 0.25) is 0 Å². The molecule has 0 heterocycles. The van der Waals surface area contributed by atoms with E-state index in [2.05, 4.69) is 12.2 Å². The van der Waals surface area contributed by atoms with Gasteiger partial charge < -0.3 is 15.8 Å². The van der Waals surface area contributed by atoms with Crippen LogP contribution < -0.4 is 15.8 Å². The van der Waals surface area contributed by atoms with Crippen molar-refractivity contribution in [1.29, 1.82) is 0 Å². The van der Waals surface area contributed by atoms with Gasteiger partial charge in [-0.2, -0.15) is 0 Å². The van der Waals surface area contributed by atoms with Crippen molar-refractivity contribution in [3.63, 3.8) is 0 Å². The van der Waals surface area contributed by atoms with Crippen molar-refractivity contribution < 1.29 is 9.53 Å². The third kappa shape index (κ3) is 4.13. The van der Waals surface area contributed by atoms with Crippen LogP contribution in [0, 0.1) is 5.41 Å². The summed E-state index contributed by atoms with van der Waals surface area (Å²) in [5, 5.41) is 3.05. The zero-order valence-corrected chi connectivity index (χ0v) is 13.1. The summed E-state index contributed by atoms with van der Waals surface area (Å²) in [6.07, 6.45) is 6.24. The second kappa shape index (κ2) is 6.83. The summed E-state index contributed by atoms with van der Waals surface area (Å²) in [5.74, 6) is 0.574. The number of nitrogen functional groups attached to an aromatic ring is 1. The number of hydrogen-bond donors (Lipinski definition) is 2. The Hall–Kier alpha value is -1.71. The Bertz CT molecular complexity index is 494. The van der Waals surface area contributed by atoms with Crippen LogP contribution in [0.25, 0.3) is 0 Å². The highest BCUT2D eigenvalue weighted by Crippen LogP contribution is 2.35. The predicted octanol–water partition coefficient (Wildman–Crippen LogP) is 3.37. The van der Waals surface area contributed by atoms with Crippen LogP contribution in [0.15, 0.2) is 18.2 Å². The molecule has 1 fully saturated rings. The minimum absolute atomic E-state index is 0.0588. The van der Waals surface area contributed by atoms with Crippen molar-refractivity contribution in [3.05, 3.63) is 23.8 Å². The first-order valence-corrected chi connectivity index (χ1v) is 7.84. The topological polar surface area (TPSA) is 64.3 Å². The molecular formula is C17H26N2O2. The molecule has 0 radical (unpaired) electrons. The van der Waals surface area contributed by atoms with Gasteiger partial charge in [-0.1, -0.05) is 26.2 Å². The van der Waals surface area contributed by atoms with Crippen LogP contribution in [-0.4, -0.2) is 19.1 Å². The second-order valence-electron chi connectivity index (χ2n) is 6.24. The van der Waals surface area contributed by atoms with Crippen molar-refractivity contribution in [2.24, 2.45) is 5.41 Å². The van der Waals surface area contributed by atoms with Gasteiger partial charge in [-0.25, -0.2) is 0 Å². The molecule has 0 unspecified atom stereocenters. The number of rotatable bonds is 5. The maximum absolute atomic E-state index is 12.2. The Kier molecular flexibility index (Phi) is 5.10. The normalized spacial score (nSPS) is 17.2. The fraction of sp³-hybridized carbons (Fsp3) is 0.588. The van der Waals surface area contributed by atoms with Crippen LogP contribution in [-0.2, 0) is 0 Å². The zero-order valence-electron chi connectivity index (χ0n) is 13.1. The molecule has 116 valence electrons. The quantitative estimate of drug-likeness (QED) is 0.817. The molecule has 4 heteroatoms. The van der Waals surface area contributed by atoms with E-state index in [1.54, 1.807) is 18.2 Å². The van der Waals surface area contributed by atoms with E-state index >= 15 is 0 Å². The molecule has 1 saturated carbocycles. The predicted molar refractivity (Wildman–Crippen MR) is 85.5 cm³/mol. The van der Waals surface area contributed by atoms with Gasteiger partial charge in [-0.3, -0.25) is 4.79 Å². The molecule has 0 spiro atoms. The fourth-order valence-corrected chi connectivity index (χ4v) is 2.95. The zero-order chi connectivity index (χ0) is 15.3. The minimum atomic E-state index is -0.0588. The monoisotopic (exact) mass is 290 g/mol. The Balaban J connectivity index is 1.95. The minimum Gasteiger partial charge on any atom is -0.492 e. The summed E-state index contributed by atoms with van der Waals surface area (Å²) < 4.78 is 5.39. The van der Waals surface area contributed by atoms with Gasteiger partial charge in [0.1, 0.15) is 5.75 Å². The number of anilines is 1. The highest BCUT2D eigenvalue weighted by Gasteiger charge is 2.27. The Morgan fingerprint density at radius 1 is 1.33 bits per heavy atom. The van der Waals surface area contributed by atoms with Gasteiger partial charge in [0, 0.05) is 12.1 Å². The molecule has 0 saturated heterocycles. The molecule has 21 heavy (non-hydrogen) atoms. The average Bonchev–Trinajstić information content (AvgIpc) is 2.48. The number of carbonyl (C=O) groups excluding carboxylic acids is 1. The first-order valence-electron chi connectivity index (χ1n) is 7.84. The number of benzene rings is 1. The van der Waals surface area contributed by atoms with E-state index in [1.807, 2.05) is 6.92 Å². The number of carbonyl (C=O) groups is 1. The number of amides is 1. The van der Waals surface area contributed by atoms with Gasteiger partial charge >= 0.3 is 0 Å². The molecule has 1 aromatic carbocycles. The van der Waals surface area contributed by atoms with E-state index in [4.69, 9.17) is 10.5 Å². The maximum atomic E-state index is 12.2. The lowest BCUT2D eigenvalue weighted by atomic mass is 9.76. The van der Waals surface area contributed by atoms with E-state index in [-0.39, 0.29) is 11.3 Å². The van der Waals surface area contributed by atoms with Gasteiger partial charge in [0.05, 0.1) is 12.3 Å². The third-order valence-electron chi connectivity index (χ3n) is 4.31. The molecule has 1 amide bonds. The largest absolute Gasteiger partial charge is 0.492 e. The summed E-state index contributed by atoms with van der Waals surface area (Å²) >= 11 is 0. The second-order valence-corrected chi connectivity index (χ2v) is 6.24. The van der Waals surface area contributed by atoms with E-state index < -0.39 is 0 Å². The molecular weight excluding hydrogens is 264 g/mol. The lowest BCUT2D eigenvalue weighted by Gasteiger charge is -2.33. The van der Waals surface area contributed by atoms with E-state index in [9.17, 15) is 4.79 Å². The highest BCUT2D eigenvalue weighted by molar-refractivity contribution is 5.95. The standard InChI is InChI=1S/C17H26N2O2/c1-3-21-15-8-7-13(11-14(15)18)16(20)19-12-17(2)9-5-4-6-10-17/h7-8,11H,3-6,9-10,12,18H2,1-2H3,(H,19,20). The molecule has 0 aromatic heterocycles. The van der Waals surface area contributed by atoms with Crippen molar-refractivity contribution in [2.75, 3.05) is 18.9 Å². The third-order valence-corrected chi connectivity index (χ3v) is 4.31. The van der Waals surface area contributed by atoms with E-state index in [0.29, 0.717) is 23.6 Å². The smallest absolute Gasteiger partial charge is 0.251 e. The van der Waals surface area contributed by atoms with E-state index in [0.717, 1.165) is 6.54 Å². The van der Waals surface area contributed by atoms with Crippen LogP contribution in [0.5, 0.6) is 5.75 Å². The van der Waals surface area contributed by atoms with Crippen molar-refractivity contribution >= 4 is 11.6 Å². The summed E-state index contributed by atoms with van der Waals surface area (Å²) in [7, 11) is 0. The van der Waals surface area contributed by atoms with Gasteiger partial charge in [0.25, 0.3) is 5.91 Å². The lowest BCUT2D eigenvalue weighted by molar-refractivity contribution is 0.0919. The average molecular weight is 290 g/mol. The molecule has 1 aliphatic rings.